The molecule has 27 heavy (non-hydrogen) atoms. The average Bonchev–Trinajstić information content (AvgIpc) is 3.33. The summed E-state index contributed by atoms with van der Waals surface area (Å²) in [5, 5.41) is 2.05. The number of nitrogens with zero attached hydrogens (tertiary/aromatic N) is 2. The van der Waals surface area contributed by atoms with E-state index in [0.717, 1.165) is 22.3 Å². The molecule has 3 nitrogen and oxygen atoms in total. The number of rotatable bonds is 4. The van der Waals surface area contributed by atoms with Gasteiger partial charge in [0.2, 0.25) is 0 Å². The Morgan fingerprint density at radius 3 is 2.26 bits per heavy atom. The Kier molecular flexibility index (Phi) is 5.20. The summed E-state index contributed by atoms with van der Waals surface area (Å²) in [6.07, 6.45) is 9.34. The Balaban J connectivity index is 1.88. The minimum Gasteiger partial charge on any atom is -0.367 e. The van der Waals surface area contributed by atoms with Crippen molar-refractivity contribution < 1.29 is 0 Å². The van der Waals surface area contributed by atoms with Gasteiger partial charge in [0, 0.05) is 35.9 Å². The minimum absolute atomic E-state index is 0.141. The van der Waals surface area contributed by atoms with E-state index >= 15 is 0 Å². The molecule has 4 rings (SSSR count). The van der Waals surface area contributed by atoms with Crippen LogP contribution in [0, 0.1) is 0 Å². The van der Waals surface area contributed by atoms with Crippen molar-refractivity contribution in [3.8, 4) is 11.1 Å². The van der Waals surface area contributed by atoms with E-state index in [1.54, 1.807) is 24.7 Å². The molecule has 2 aromatic heterocycles. The number of aromatic amines is 1. The molecule has 2 heterocycles. The SMILES string of the molecule is Clc1ccc(-c2c[nH]cc2C(c2ccc(Cl)c(Cl)c2)n2ccnc2)cc1Cl. The first-order chi connectivity index (χ1) is 13.0. The third-order valence-corrected chi connectivity index (χ3v) is 5.86. The van der Waals surface area contributed by atoms with Gasteiger partial charge in [0.05, 0.1) is 32.5 Å². The van der Waals surface area contributed by atoms with E-state index in [9.17, 15) is 0 Å². The van der Waals surface area contributed by atoms with Crippen molar-refractivity contribution in [2.24, 2.45) is 0 Å². The zero-order valence-corrected chi connectivity index (χ0v) is 16.9. The fourth-order valence-electron chi connectivity index (χ4n) is 3.13. The molecule has 0 amide bonds. The number of aromatic nitrogens is 3. The molecule has 7 heteroatoms. The van der Waals surface area contributed by atoms with Gasteiger partial charge in [-0.3, -0.25) is 0 Å². The van der Waals surface area contributed by atoms with E-state index in [1.165, 1.54) is 0 Å². The monoisotopic (exact) mass is 435 g/mol. The summed E-state index contributed by atoms with van der Waals surface area (Å²) in [5.41, 5.74) is 4.01. The Morgan fingerprint density at radius 2 is 1.59 bits per heavy atom. The van der Waals surface area contributed by atoms with Crippen LogP contribution in [-0.2, 0) is 0 Å². The van der Waals surface area contributed by atoms with Crippen LogP contribution in [0.5, 0.6) is 0 Å². The quantitative estimate of drug-likeness (QED) is 0.362. The van der Waals surface area contributed by atoms with Crippen molar-refractivity contribution in [1.82, 2.24) is 14.5 Å². The van der Waals surface area contributed by atoms with Crippen LogP contribution in [-0.4, -0.2) is 14.5 Å². The molecule has 0 aliphatic rings. The van der Waals surface area contributed by atoms with Crippen LogP contribution < -0.4 is 0 Å². The number of hydrogen-bond donors (Lipinski definition) is 1. The predicted molar refractivity (Wildman–Crippen MR) is 112 cm³/mol. The molecule has 136 valence electrons. The van der Waals surface area contributed by atoms with Crippen molar-refractivity contribution in [3.63, 3.8) is 0 Å². The van der Waals surface area contributed by atoms with Crippen molar-refractivity contribution in [2.75, 3.05) is 0 Å². The molecule has 0 radical (unpaired) electrons. The summed E-state index contributed by atoms with van der Waals surface area (Å²) in [6, 6.07) is 11.1. The molecular formula is C20H13Cl4N3. The van der Waals surface area contributed by atoms with Gasteiger partial charge in [-0.15, -0.1) is 0 Å². The lowest BCUT2D eigenvalue weighted by atomic mass is 9.94. The lowest BCUT2D eigenvalue weighted by molar-refractivity contribution is 0.679. The van der Waals surface area contributed by atoms with E-state index in [1.807, 2.05) is 47.4 Å². The predicted octanol–water partition coefficient (Wildman–Crippen LogP) is 7.13. The standard InChI is InChI=1S/C20H13Cl4N3/c21-16-3-1-12(7-18(16)23)14-9-26-10-15(14)20(27-6-5-25-11-27)13-2-4-17(22)19(24)8-13/h1-11,20,26H. The van der Waals surface area contributed by atoms with Crippen LogP contribution in [0.15, 0.2) is 67.5 Å². The van der Waals surface area contributed by atoms with Crippen LogP contribution in [0.4, 0.5) is 0 Å². The van der Waals surface area contributed by atoms with Crippen LogP contribution in [0.25, 0.3) is 11.1 Å². The lowest BCUT2D eigenvalue weighted by Gasteiger charge is -2.21. The van der Waals surface area contributed by atoms with Gasteiger partial charge in [0.25, 0.3) is 0 Å². The van der Waals surface area contributed by atoms with Crippen LogP contribution in [0.2, 0.25) is 20.1 Å². The number of nitrogens with one attached hydrogen (secondary N) is 1. The molecule has 4 aromatic rings. The maximum absolute atomic E-state index is 6.28. The Bertz CT molecular complexity index is 1090. The largest absolute Gasteiger partial charge is 0.367 e. The molecular weight excluding hydrogens is 424 g/mol. The maximum Gasteiger partial charge on any atom is 0.0954 e. The van der Waals surface area contributed by atoms with Gasteiger partial charge in [-0.1, -0.05) is 58.5 Å². The number of halogens is 4. The molecule has 1 atom stereocenters. The summed E-state index contributed by atoms with van der Waals surface area (Å²) in [6.45, 7) is 0. The Hall–Kier alpha value is -1.91. The van der Waals surface area contributed by atoms with Crippen molar-refractivity contribution >= 4 is 46.4 Å². The zero-order chi connectivity index (χ0) is 19.0. The first-order valence-corrected chi connectivity index (χ1v) is 9.60. The highest BCUT2D eigenvalue weighted by Crippen LogP contribution is 2.38. The second-order valence-electron chi connectivity index (χ2n) is 6.04. The zero-order valence-electron chi connectivity index (χ0n) is 13.8. The summed E-state index contributed by atoms with van der Waals surface area (Å²) < 4.78 is 2.02. The molecule has 0 bridgehead atoms. The van der Waals surface area contributed by atoms with Crippen molar-refractivity contribution in [2.45, 2.75) is 6.04 Å². The molecule has 0 fully saturated rings. The summed E-state index contributed by atoms with van der Waals surface area (Å²) in [7, 11) is 0. The van der Waals surface area contributed by atoms with Crippen molar-refractivity contribution in [3.05, 3.63) is 98.7 Å². The van der Waals surface area contributed by atoms with Gasteiger partial charge in [-0.25, -0.2) is 4.98 Å². The van der Waals surface area contributed by atoms with Gasteiger partial charge in [0.1, 0.15) is 0 Å². The molecule has 0 saturated carbocycles. The molecule has 0 spiro atoms. The topological polar surface area (TPSA) is 33.6 Å². The third kappa shape index (κ3) is 3.61. The molecule has 2 aromatic carbocycles. The first-order valence-electron chi connectivity index (χ1n) is 8.09. The van der Waals surface area contributed by atoms with E-state index in [0.29, 0.717) is 20.1 Å². The van der Waals surface area contributed by atoms with E-state index in [4.69, 9.17) is 46.4 Å². The Morgan fingerprint density at radius 1 is 0.852 bits per heavy atom. The third-order valence-electron chi connectivity index (χ3n) is 4.39. The second kappa shape index (κ2) is 7.61. The van der Waals surface area contributed by atoms with Gasteiger partial charge in [-0.05, 0) is 35.4 Å². The van der Waals surface area contributed by atoms with Gasteiger partial charge in [-0.2, -0.15) is 0 Å². The Labute approximate surface area is 176 Å². The number of hydrogen-bond acceptors (Lipinski definition) is 1. The smallest absolute Gasteiger partial charge is 0.0954 e. The van der Waals surface area contributed by atoms with Gasteiger partial charge in [0.15, 0.2) is 0 Å². The molecule has 0 aliphatic heterocycles. The second-order valence-corrected chi connectivity index (χ2v) is 7.67. The lowest BCUT2D eigenvalue weighted by Crippen LogP contribution is -2.11. The van der Waals surface area contributed by atoms with Gasteiger partial charge < -0.3 is 9.55 Å². The number of benzene rings is 2. The minimum atomic E-state index is -0.141. The average molecular weight is 437 g/mol. The van der Waals surface area contributed by atoms with Gasteiger partial charge >= 0.3 is 0 Å². The fourth-order valence-corrected chi connectivity index (χ4v) is 3.74. The fraction of sp³-hybridized carbons (Fsp3) is 0.0500. The maximum atomic E-state index is 6.28. The molecule has 0 aliphatic carbocycles. The number of imidazole rings is 1. The van der Waals surface area contributed by atoms with E-state index in [-0.39, 0.29) is 6.04 Å². The van der Waals surface area contributed by atoms with E-state index in [2.05, 4.69) is 9.97 Å². The summed E-state index contributed by atoms with van der Waals surface area (Å²) >= 11 is 24.7. The van der Waals surface area contributed by atoms with Crippen LogP contribution in [0.1, 0.15) is 17.2 Å². The van der Waals surface area contributed by atoms with E-state index < -0.39 is 0 Å². The first kappa shape index (κ1) is 18.5. The summed E-state index contributed by atoms with van der Waals surface area (Å²) in [5.74, 6) is 0. The molecule has 1 N–H and O–H groups in total. The molecule has 1 unspecified atom stereocenters. The summed E-state index contributed by atoms with van der Waals surface area (Å²) in [4.78, 5) is 7.40. The highest BCUT2D eigenvalue weighted by Gasteiger charge is 2.22. The van der Waals surface area contributed by atoms with Crippen LogP contribution >= 0.6 is 46.4 Å². The van der Waals surface area contributed by atoms with Crippen molar-refractivity contribution in [1.29, 1.82) is 0 Å². The highest BCUT2D eigenvalue weighted by molar-refractivity contribution is 6.42. The molecule has 0 saturated heterocycles. The number of H-pyrrole nitrogens is 1. The normalized spacial score (nSPS) is 12.3. The highest BCUT2D eigenvalue weighted by atomic mass is 35.5. The van der Waals surface area contributed by atoms with Crippen LogP contribution in [0.3, 0.4) is 0 Å².